The number of amides is 1. The van der Waals surface area contributed by atoms with Crippen LogP contribution in [0.2, 0.25) is 5.02 Å². The van der Waals surface area contributed by atoms with Crippen molar-refractivity contribution >= 4 is 35.2 Å². The summed E-state index contributed by atoms with van der Waals surface area (Å²) in [5.41, 5.74) is 1.56. The number of esters is 1. The van der Waals surface area contributed by atoms with Crippen LogP contribution in [0.4, 0.5) is 0 Å². The lowest BCUT2D eigenvalue weighted by molar-refractivity contribution is -0.120. The molecule has 2 rings (SSSR count). The van der Waals surface area contributed by atoms with E-state index in [1.54, 1.807) is 12.1 Å². The number of thioether (sulfide) groups is 1. The van der Waals surface area contributed by atoms with Gasteiger partial charge in [-0.2, -0.15) is 0 Å². The zero-order valence-electron chi connectivity index (χ0n) is 14.1. The number of nitrogens with one attached hydrogen (secondary N) is 1. The summed E-state index contributed by atoms with van der Waals surface area (Å²) < 4.78 is 4.66. The molecule has 0 saturated carbocycles. The second-order valence-corrected chi connectivity index (χ2v) is 7.21. The van der Waals surface area contributed by atoms with Gasteiger partial charge in [0.2, 0.25) is 5.91 Å². The minimum atomic E-state index is -0.356. The first-order valence-electron chi connectivity index (χ1n) is 7.87. The SMILES string of the molecule is COC(=O)c1ccc(CCNC(=O)C(C)Sc2ccccc2Cl)cc1. The molecule has 0 bridgehead atoms. The zero-order valence-corrected chi connectivity index (χ0v) is 15.7. The molecule has 0 heterocycles. The Labute approximate surface area is 156 Å². The van der Waals surface area contributed by atoms with Crippen LogP contribution in [0.3, 0.4) is 0 Å². The number of carbonyl (C=O) groups excluding carboxylic acids is 2. The van der Waals surface area contributed by atoms with E-state index in [0.29, 0.717) is 23.6 Å². The minimum Gasteiger partial charge on any atom is -0.465 e. The number of benzene rings is 2. The third-order valence-corrected chi connectivity index (χ3v) is 5.22. The lowest BCUT2D eigenvalue weighted by atomic mass is 10.1. The summed E-state index contributed by atoms with van der Waals surface area (Å²) in [4.78, 5) is 24.5. The molecular formula is C19H20ClNO3S. The Bertz CT molecular complexity index is 734. The Hall–Kier alpha value is -1.98. The average molecular weight is 378 g/mol. The summed E-state index contributed by atoms with van der Waals surface area (Å²) in [6.45, 7) is 2.39. The molecular weight excluding hydrogens is 358 g/mol. The van der Waals surface area contributed by atoms with Crippen LogP contribution in [-0.4, -0.2) is 30.8 Å². The number of ether oxygens (including phenoxy) is 1. The van der Waals surface area contributed by atoms with Crippen molar-refractivity contribution in [1.82, 2.24) is 5.32 Å². The van der Waals surface area contributed by atoms with Gasteiger partial charge >= 0.3 is 5.97 Å². The monoisotopic (exact) mass is 377 g/mol. The Kier molecular flexibility index (Phi) is 7.34. The van der Waals surface area contributed by atoms with E-state index < -0.39 is 0 Å². The van der Waals surface area contributed by atoms with E-state index in [1.165, 1.54) is 18.9 Å². The fourth-order valence-electron chi connectivity index (χ4n) is 2.18. The molecule has 0 aliphatic rings. The molecule has 1 atom stereocenters. The highest BCUT2D eigenvalue weighted by Gasteiger charge is 2.15. The summed E-state index contributed by atoms with van der Waals surface area (Å²) in [6.07, 6.45) is 0.691. The fourth-order valence-corrected chi connectivity index (χ4v) is 3.36. The van der Waals surface area contributed by atoms with Crippen molar-refractivity contribution in [2.24, 2.45) is 0 Å². The van der Waals surface area contributed by atoms with Crippen molar-refractivity contribution in [3.05, 3.63) is 64.7 Å². The molecule has 132 valence electrons. The van der Waals surface area contributed by atoms with Gasteiger partial charge in [0, 0.05) is 11.4 Å². The van der Waals surface area contributed by atoms with Crippen molar-refractivity contribution < 1.29 is 14.3 Å². The number of methoxy groups -OCH3 is 1. The standard InChI is InChI=1S/C19H20ClNO3S/c1-13(25-17-6-4-3-5-16(17)20)18(22)21-12-11-14-7-9-15(10-8-14)19(23)24-2/h3-10,13H,11-12H2,1-2H3,(H,21,22). The molecule has 4 nitrogen and oxygen atoms in total. The van der Waals surface area contributed by atoms with Crippen LogP contribution in [0.5, 0.6) is 0 Å². The molecule has 0 saturated heterocycles. The molecule has 0 aliphatic carbocycles. The lowest BCUT2D eigenvalue weighted by Gasteiger charge is -2.13. The van der Waals surface area contributed by atoms with Gasteiger partial charge in [-0.3, -0.25) is 4.79 Å². The molecule has 2 aromatic carbocycles. The van der Waals surface area contributed by atoms with Crippen LogP contribution in [0.25, 0.3) is 0 Å². The van der Waals surface area contributed by atoms with Crippen LogP contribution in [0.1, 0.15) is 22.8 Å². The first-order chi connectivity index (χ1) is 12.0. The largest absolute Gasteiger partial charge is 0.465 e. The zero-order chi connectivity index (χ0) is 18.2. The van der Waals surface area contributed by atoms with Crippen LogP contribution in [0, 0.1) is 0 Å². The van der Waals surface area contributed by atoms with Crippen LogP contribution in [0.15, 0.2) is 53.4 Å². The van der Waals surface area contributed by atoms with Gasteiger partial charge in [0.05, 0.1) is 22.9 Å². The molecule has 0 fully saturated rings. The van der Waals surface area contributed by atoms with Gasteiger partial charge in [0.1, 0.15) is 0 Å². The van der Waals surface area contributed by atoms with Gasteiger partial charge in [-0.05, 0) is 43.2 Å². The topological polar surface area (TPSA) is 55.4 Å². The van der Waals surface area contributed by atoms with E-state index in [0.717, 1.165) is 10.5 Å². The van der Waals surface area contributed by atoms with E-state index in [-0.39, 0.29) is 17.1 Å². The molecule has 0 radical (unpaired) electrons. The van der Waals surface area contributed by atoms with Gasteiger partial charge in [-0.15, -0.1) is 11.8 Å². The molecule has 1 amide bonds. The van der Waals surface area contributed by atoms with Crippen molar-refractivity contribution in [2.75, 3.05) is 13.7 Å². The number of carbonyl (C=O) groups is 2. The van der Waals surface area contributed by atoms with E-state index in [4.69, 9.17) is 11.6 Å². The highest BCUT2D eigenvalue weighted by molar-refractivity contribution is 8.00. The van der Waals surface area contributed by atoms with Crippen LogP contribution < -0.4 is 5.32 Å². The fraction of sp³-hybridized carbons (Fsp3) is 0.263. The van der Waals surface area contributed by atoms with E-state index in [2.05, 4.69) is 10.1 Å². The van der Waals surface area contributed by atoms with Crippen molar-refractivity contribution in [2.45, 2.75) is 23.5 Å². The number of hydrogen-bond acceptors (Lipinski definition) is 4. The Morgan fingerprint density at radius 3 is 2.48 bits per heavy atom. The third kappa shape index (κ3) is 5.80. The van der Waals surface area contributed by atoms with Gasteiger partial charge < -0.3 is 10.1 Å². The normalized spacial score (nSPS) is 11.6. The molecule has 0 spiro atoms. The van der Waals surface area contributed by atoms with E-state index >= 15 is 0 Å². The highest BCUT2D eigenvalue weighted by Crippen LogP contribution is 2.29. The van der Waals surface area contributed by atoms with Crippen LogP contribution >= 0.6 is 23.4 Å². The molecule has 1 N–H and O–H groups in total. The lowest BCUT2D eigenvalue weighted by Crippen LogP contribution is -2.32. The maximum absolute atomic E-state index is 12.2. The highest BCUT2D eigenvalue weighted by atomic mass is 35.5. The molecule has 25 heavy (non-hydrogen) atoms. The number of halogens is 1. The van der Waals surface area contributed by atoms with Gasteiger partial charge in [0.15, 0.2) is 0 Å². The average Bonchev–Trinajstić information content (AvgIpc) is 2.63. The minimum absolute atomic E-state index is 0.0314. The van der Waals surface area contributed by atoms with Gasteiger partial charge in [0.25, 0.3) is 0 Å². The second kappa shape index (κ2) is 9.49. The summed E-state index contributed by atoms with van der Waals surface area (Å²) in [5, 5.41) is 3.34. The van der Waals surface area contributed by atoms with Crippen LogP contribution in [-0.2, 0) is 16.0 Å². The molecule has 6 heteroatoms. The molecule has 0 aliphatic heterocycles. The molecule has 0 aromatic heterocycles. The third-order valence-electron chi connectivity index (χ3n) is 3.60. The summed E-state index contributed by atoms with van der Waals surface area (Å²) in [7, 11) is 1.35. The maximum Gasteiger partial charge on any atom is 0.337 e. The molecule has 2 aromatic rings. The van der Waals surface area contributed by atoms with Crippen molar-refractivity contribution in [3.63, 3.8) is 0 Å². The predicted molar refractivity (Wildman–Crippen MR) is 101 cm³/mol. The first kappa shape index (κ1) is 19.3. The quantitative estimate of drug-likeness (QED) is 0.586. The van der Waals surface area contributed by atoms with E-state index in [1.807, 2.05) is 43.3 Å². The molecule has 1 unspecified atom stereocenters. The smallest absolute Gasteiger partial charge is 0.337 e. The Morgan fingerprint density at radius 1 is 1.16 bits per heavy atom. The number of rotatable bonds is 7. The predicted octanol–water partition coefficient (Wildman–Crippen LogP) is 3.97. The Balaban J connectivity index is 1.80. The van der Waals surface area contributed by atoms with E-state index in [9.17, 15) is 9.59 Å². The summed E-state index contributed by atoms with van der Waals surface area (Å²) >= 11 is 7.55. The number of hydrogen-bond donors (Lipinski definition) is 1. The summed E-state index contributed by atoms with van der Waals surface area (Å²) in [5.74, 6) is -0.388. The first-order valence-corrected chi connectivity index (χ1v) is 9.13. The van der Waals surface area contributed by atoms with Crippen molar-refractivity contribution in [1.29, 1.82) is 0 Å². The van der Waals surface area contributed by atoms with Crippen molar-refractivity contribution in [3.8, 4) is 0 Å². The second-order valence-electron chi connectivity index (χ2n) is 5.42. The Morgan fingerprint density at radius 2 is 1.84 bits per heavy atom. The summed E-state index contributed by atoms with van der Waals surface area (Å²) in [6, 6.07) is 14.6. The maximum atomic E-state index is 12.2. The van der Waals surface area contributed by atoms with Gasteiger partial charge in [-0.25, -0.2) is 4.79 Å². The van der Waals surface area contributed by atoms with Gasteiger partial charge in [-0.1, -0.05) is 35.9 Å².